The standard InChI is InChI=1S/C32H46FN7O3Si/c1-7-16-39-25(14-15-34-39)31(41)37-29(28(22-8-9-22)23-10-11-23)32(42)36-26-13-12-24(30(33)35-26)27-20(2)38-40(21(27)3)19-43-17-18-44(4,5)6/h12-15,22-23,28-29H,7-11,16-19H2,1-6H3,(H,37,41)(H,35,36,42)/t29-/m0/s1. The van der Waals surface area contributed by atoms with Crippen molar-refractivity contribution in [2.24, 2.45) is 17.8 Å². The smallest absolute Gasteiger partial charge is 0.270 e. The molecule has 0 saturated heterocycles. The van der Waals surface area contributed by atoms with Crippen molar-refractivity contribution < 1.29 is 18.7 Å². The summed E-state index contributed by atoms with van der Waals surface area (Å²) in [6.45, 7) is 14.2. The first-order valence-electron chi connectivity index (χ1n) is 15.9. The molecule has 0 aromatic carbocycles. The van der Waals surface area contributed by atoms with Crippen LogP contribution in [0.25, 0.3) is 11.1 Å². The molecule has 10 nitrogen and oxygen atoms in total. The molecule has 3 heterocycles. The topological polar surface area (TPSA) is 116 Å². The van der Waals surface area contributed by atoms with Gasteiger partial charge < -0.3 is 15.4 Å². The molecule has 2 N–H and O–H groups in total. The molecule has 0 aliphatic heterocycles. The van der Waals surface area contributed by atoms with Crippen LogP contribution in [-0.2, 0) is 22.8 Å². The Hall–Kier alpha value is -3.38. The number of nitrogens with one attached hydrogen (secondary N) is 2. The van der Waals surface area contributed by atoms with Gasteiger partial charge in [-0.15, -0.1) is 0 Å². The minimum atomic E-state index is -1.20. The second-order valence-corrected chi connectivity index (χ2v) is 19.2. The number of carbonyl (C=O) groups is 2. The molecule has 0 bridgehead atoms. The molecule has 5 rings (SSSR count). The lowest BCUT2D eigenvalue weighted by molar-refractivity contribution is -0.119. The van der Waals surface area contributed by atoms with E-state index < -0.39 is 20.1 Å². The Bertz CT molecular complexity index is 1480. The van der Waals surface area contributed by atoms with E-state index in [9.17, 15) is 9.59 Å². The summed E-state index contributed by atoms with van der Waals surface area (Å²) in [5, 5.41) is 14.7. The van der Waals surface area contributed by atoms with Gasteiger partial charge in [-0.2, -0.15) is 14.6 Å². The molecule has 2 saturated carbocycles. The SMILES string of the molecule is CCCn1nccc1C(=O)N[C@H](C(=O)Nc1ccc(-c2c(C)nn(COCC[Si](C)(C)C)c2C)c(F)n1)C(C1CC1)C1CC1. The summed E-state index contributed by atoms with van der Waals surface area (Å²) in [5.41, 5.74) is 2.87. The number of amides is 2. The van der Waals surface area contributed by atoms with Gasteiger partial charge in [0, 0.05) is 44.2 Å². The number of rotatable bonds is 15. The first-order valence-corrected chi connectivity index (χ1v) is 19.6. The Labute approximate surface area is 260 Å². The van der Waals surface area contributed by atoms with Crippen LogP contribution in [0.4, 0.5) is 10.2 Å². The number of hydrogen-bond donors (Lipinski definition) is 2. The zero-order valence-electron chi connectivity index (χ0n) is 26.8. The third kappa shape index (κ3) is 7.63. The van der Waals surface area contributed by atoms with Crippen molar-refractivity contribution in [2.75, 3.05) is 11.9 Å². The average molecular weight is 624 g/mol. The number of carbonyl (C=O) groups excluding carboxylic acids is 2. The lowest BCUT2D eigenvalue weighted by Gasteiger charge is -2.27. The quantitative estimate of drug-likeness (QED) is 0.126. The molecule has 0 spiro atoms. The van der Waals surface area contributed by atoms with Gasteiger partial charge in [-0.25, -0.2) is 9.67 Å². The van der Waals surface area contributed by atoms with Gasteiger partial charge in [0.2, 0.25) is 11.9 Å². The highest BCUT2D eigenvalue weighted by atomic mass is 28.3. The first kappa shape index (κ1) is 32.0. The molecule has 2 aliphatic carbocycles. The summed E-state index contributed by atoms with van der Waals surface area (Å²) < 4.78 is 24.8. The van der Waals surface area contributed by atoms with Crippen molar-refractivity contribution in [3.05, 3.63) is 47.4 Å². The predicted octanol–water partition coefficient (Wildman–Crippen LogP) is 5.79. The van der Waals surface area contributed by atoms with Gasteiger partial charge in [-0.05, 0) is 87.9 Å². The lowest BCUT2D eigenvalue weighted by Crippen LogP contribution is -2.50. The van der Waals surface area contributed by atoms with Gasteiger partial charge in [-0.1, -0.05) is 26.6 Å². The van der Waals surface area contributed by atoms with E-state index in [0.717, 1.165) is 43.8 Å². The third-order valence-electron chi connectivity index (χ3n) is 8.63. The Morgan fingerprint density at radius 2 is 1.80 bits per heavy atom. The van der Waals surface area contributed by atoms with Gasteiger partial charge in [0.05, 0.1) is 5.69 Å². The highest BCUT2D eigenvalue weighted by molar-refractivity contribution is 6.76. The minimum Gasteiger partial charge on any atom is -0.360 e. The van der Waals surface area contributed by atoms with E-state index in [1.165, 1.54) is 0 Å². The van der Waals surface area contributed by atoms with Crippen molar-refractivity contribution in [3.63, 3.8) is 0 Å². The number of ether oxygens (including phenoxy) is 1. The summed E-state index contributed by atoms with van der Waals surface area (Å²) in [4.78, 5) is 31.3. The maximum atomic E-state index is 15.5. The van der Waals surface area contributed by atoms with Crippen LogP contribution < -0.4 is 10.6 Å². The van der Waals surface area contributed by atoms with Gasteiger partial charge in [0.15, 0.2) is 0 Å². The molecule has 1 atom stereocenters. The lowest BCUT2D eigenvalue weighted by atomic mass is 9.88. The van der Waals surface area contributed by atoms with Gasteiger partial charge in [0.1, 0.15) is 24.3 Å². The zero-order chi connectivity index (χ0) is 31.6. The van der Waals surface area contributed by atoms with Crippen LogP contribution in [0.2, 0.25) is 25.7 Å². The number of halogens is 1. The second kappa shape index (κ2) is 13.3. The fraction of sp³-hybridized carbons (Fsp3) is 0.594. The molecule has 0 unspecified atom stereocenters. The van der Waals surface area contributed by atoms with Crippen LogP contribution in [0.3, 0.4) is 0 Å². The van der Waals surface area contributed by atoms with Gasteiger partial charge in [0.25, 0.3) is 5.91 Å². The molecular formula is C32H46FN7O3Si. The molecule has 238 valence electrons. The highest BCUT2D eigenvalue weighted by Gasteiger charge is 2.48. The summed E-state index contributed by atoms with van der Waals surface area (Å²) in [5.74, 6) is -0.466. The summed E-state index contributed by atoms with van der Waals surface area (Å²) >= 11 is 0. The van der Waals surface area contributed by atoms with E-state index in [1.54, 1.807) is 33.8 Å². The Morgan fingerprint density at radius 3 is 2.41 bits per heavy atom. The molecule has 2 fully saturated rings. The minimum absolute atomic E-state index is 0.0368. The van der Waals surface area contributed by atoms with E-state index in [-0.39, 0.29) is 23.6 Å². The molecule has 3 aromatic heterocycles. The number of aryl methyl sites for hydroxylation is 2. The van der Waals surface area contributed by atoms with Gasteiger partial charge in [-0.3, -0.25) is 14.3 Å². The van der Waals surface area contributed by atoms with Crippen LogP contribution in [0, 0.1) is 37.5 Å². The van der Waals surface area contributed by atoms with Crippen LogP contribution in [0.5, 0.6) is 0 Å². The third-order valence-corrected chi connectivity index (χ3v) is 10.3. The maximum Gasteiger partial charge on any atom is 0.270 e. The fourth-order valence-electron chi connectivity index (χ4n) is 5.99. The number of aromatic nitrogens is 5. The van der Waals surface area contributed by atoms with Crippen molar-refractivity contribution in [1.82, 2.24) is 29.9 Å². The van der Waals surface area contributed by atoms with E-state index in [0.29, 0.717) is 54.2 Å². The van der Waals surface area contributed by atoms with Crippen molar-refractivity contribution >= 4 is 25.7 Å². The molecule has 2 aliphatic rings. The molecule has 2 amide bonds. The van der Waals surface area contributed by atoms with E-state index >= 15 is 4.39 Å². The highest BCUT2D eigenvalue weighted by Crippen LogP contribution is 2.51. The summed E-state index contributed by atoms with van der Waals surface area (Å²) in [6.07, 6.45) is 6.62. The maximum absolute atomic E-state index is 15.5. The molecule has 0 radical (unpaired) electrons. The van der Waals surface area contributed by atoms with Gasteiger partial charge >= 0.3 is 0 Å². The zero-order valence-corrected chi connectivity index (χ0v) is 27.8. The number of nitrogens with zero attached hydrogens (tertiary/aromatic N) is 5. The number of anilines is 1. The largest absolute Gasteiger partial charge is 0.360 e. The van der Waals surface area contributed by atoms with E-state index in [4.69, 9.17) is 4.74 Å². The van der Waals surface area contributed by atoms with Crippen LogP contribution in [0.1, 0.15) is 60.9 Å². The molecular weight excluding hydrogens is 577 g/mol. The Balaban J connectivity index is 1.31. The van der Waals surface area contributed by atoms with Crippen molar-refractivity contribution in [2.45, 2.75) is 97.9 Å². The Morgan fingerprint density at radius 1 is 1.09 bits per heavy atom. The average Bonchev–Trinajstić information content (AvgIpc) is 3.89. The van der Waals surface area contributed by atoms with Crippen molar-refractivity contribution in [1.29, 1.82) is 0 Å². The Kier molecular flexibility index (Phi) is 9.69. The molecule has 12 heteroatoms. The predicted molar refractivity (Wildman–Crippen MR) is 170 cm³/mol. The van der Waals surface area contributed by atoms with E-state index in [2.05, 4.69) is 45.5 Å². The molecule has 44 heavy (non-hydrogen) atoms. The van der Waals surface area contributed by atoms with Crippen LogP contribution in [-0.4, -0.2) is 57.1 Å². The summed E-state index contributed by atoms with van der Waals surface area (Å²) in [6, 6.07) is 5.21. The first-order chi connectivity index (χ1) is 21.0. The van der Waals surface area contributed by atoms with Crippen LogP contribution in [0.15, 0.2) is 24.4 Å². The van der Waals surface area contributed by atoms with Crippen LogP contribution >= 0.6 is 0 Å². The van der Waals surface area contributed by atoms with Crippen molar-refractivity contribution in [3.8, 4) is 11.1 Å². The van der Waals surface area contributed by atoms with E-state index in [1.807, 2.05) is 20.8 Å². The normalized spacial score (nSPS) is 15.9. The monoisotopic (exact) mass is 623 g/mol. The second-order valence-electron chi connectivity index (χ2n) is 13.6. The summed E-state index contributed by atoms with van der Waals surface area (Å²) in [7, 11) is -1.20. The fourth-order valence-corrected chi connectivity index (χ4v) is 6.75. The number of pyridine rings is 1. The molecule has 3 aromatic rings. The number of hydrogen-bond acceptors (Lipinski definition) is 6.